The maximum atomic E-state index is 13.0. The zero-order valence-corrected chi connectivity index (χ0v) is 15.9. The summed E-state index contributed by atoms with van der Waals surface area (Å²) >= 11 is 2.29. The standard InChI is InChI=1S/C19H19IN4O/c20-15-3-1-4-17(13-15)24-9-2-5-18(24)19(25)22-10-6-16(7-11-22)23-12-8-21-14-23/h1-5,8-9,12-14,16H,6-7,10-11H2. The van der Waals surface area contributed by atoms with Gasteiger partial charge >= 0.3 is 0 Å². The van der Waals surface area contributed by atoms with Crippen molar-refractivity contribution in [3.05, 3.63) is 70.6 Å². The largest absolute Gasteiger partial charge is 0.337 e. The van der Waals surface area contributed by atoms with Crippen LogP contribution in [0.1, 0.15) is 29.4 Å². The summed E-state index contributed by atoms with van der Waals surface area (Å²) in [5.74, 6) is 0.105. The van der Waals surface area contributed by atoms with Gasteiger partial charge in [-0.1, -0.05) is 6.07 Å². The summed E-state index contributed by atoms with van der Waals surface area (Å²) < 4.78 is 5.28. The smallest absolute Gasteiger partial charge is 0.270 e. The van der Waals surface area contributed by atoms with Gasteiger partial charge in [0.25, 0.3) is 5.91 Å². The van der Waals surface area contributed by atoms with Crippen LogP contribution in [0.5, 0.6) is 0 Å². The highest BCUT2D eigenvalue weighted by molar-refractivity contribution is 14.1. The Morgan fingerprint density at radius 2 is 1.96 bits per heavy atom. The number of likely N-dealkylation sites (tertiary alicyclic amines) is 1. The van der Waals surface area contributed by atoms with E-state index < -0.39 is 0 Å². The molecule has 5 nitrogen and oxygen atoms in total. The minimum Gasteiger partial charge on any atom is -0.337 e. The normalized spacial score (nSPS) is 15.5. The van der Waals surface area contributed by atoms with Crippen LogP contribution < -0.4 is 0 Å². The quantitative estimate of drug-likeness (QED) is 0.576. The van der Waals surface area contributed by atoms with Crippen molar-refractivity contribution in [3.8, 4) is 5.69 Å². The van der Waals surface area contributed by atoms with E-state index in [0.29, 0.717) is 6.04 Å². The molecule has 1 aliphatic rings. The topological polar surface area (TPSA) is 43.1 Å². The Morgan fingerprint density at radius 3 is 2.68 bits per heavy atom. The fourth-order valence-electron chi connectivity index (χ4n) is 3.42. The number of piperidine rings is 1. The molecule has 0 bridgehead atoms. The van der Waals surface area contributed by atoms with Crippen LogP contribution in [0.3, 0.4) is 0 Å². The molecule has 25 heavy (non-hydrogen) atoms. The molecule has 128 valence electrons. The van der Waals surface area contributed by atoms with E-state index in [1.807, 2.05) is 58.7 Å². The summed E-state index contributed by atoms with van der Waals surface area (Å²) in [4.78, 5) is 19.1. The number of rotatable bonds is 3. The number of carbonyl (C=O) groups is 1. The first-order valence-electron chi connectivity index (χ1n) is 8.42. The molecule has 0 atom stereocenters. The SMILES string of the molecule is O=C(c1cccn1-c1cccc(I)c1)N1CCC(n2ccnc2)CC1. The van der Waals surface area contributed by atoms with Gasteiger partial charge in [-0.2, -0.15) is 0 Å². The Balaban J connectivity index is 1.50. The van der Waals surface area contributed by atoms with E-state index in [9.17, 15) is 4.79 Å². The third-order valence-electron chi connectivity index (χ3n) is 4.75. The number of carbonyl (C=O) groups excluding carboxylic acids is 1. The van der Waals surface area contributed by atoms with Gasteiger partial charge in [-0.3, -0.25) is 4.79 Å². The highest BCUT2D eigenvalue weighted by Gasteiger charge is 2.26. The number of amides is 1. The Bertz CT molecular complexity index is 863. The first-order chi connectivity index (χ1) is 12.2. The molecule has 4 rings (SSSR count). The van der Waals surface area contributed by atoms with E-state index in [4.69, 9.17) is 0 Å². The van der Waals surface area contributed by atoms with Gasteiger partial charge in [-0.15, -0.1) is 0 Å². The lowest BCUT2D eigenvalue weighted by Gasteiger charge is -2.32. The van der Waals surface area contributed by atoms with E-state index in [1.165, 1.54) is 0 Å². The molecule has 1 fully saturated rings. The van der Waals surface area contributed by atoms with Crippen molar-refractivity contribution in [2.75, 3.05) is 13.1 Å². The van der Waals surface area contributed by atoms with E-state index in [2.05, 4.69) is 44.3 Å². The number of benzene rings is 1. The van der Waals surface area contributed by atoms with Crippen molar-refractivity contribution in [2.24, 2.45) is 0 Å². The zero-order valence-electron chi connectivity index (χ0n) is 13.8. The molecule has 1 saturated heterocycles. The number of aromatic nitrogens is 3. The molecule has 2 aromatic heterocycles. The van der Waals surface area contributed by atoms with Gasteiger partial charge in [0, 0.05) is 47.0 Å². The fourth-order valence-corrected chi connectivity index (χ4v) is 3.95. The second kappa shape index (κ2) is 7.03. The molecule has 6 heteroatoms. The zero-order chi connectivity index (χ0) is 17.2. The maximum Gasteiger partial charge on any atom is 0.270 e. The highest BCUT2D eigenvalue weighted by atomic mass is 127. The summed E-state index contributed by atoms with van der Waals surface area (Å²) in [7, 11) is 0. The van der Waals surface area contributed by atoms with E-state index in [1.54, 1.807) is 0 Å². The molecule has 0 unspecified atom stereocenters. The Labute approximate surface area is 160 Å². The van der Waals surface area contributed by atoms with Crippen LogP contribution in [0.25, 0.3) is 5.69 Å². The third kappa shape index (κ3) is 3.35. The van der Waals surface area contributed by atoms with Crippen molar-refractivity contribution in [2.45, 2.75) is 18.9 Å². The molecular formula is C19H19IN4O. The summed E-state index contributed by atoms with van der Waals surface area (Å²) in [5, 5.41) is 0. The lowest BCUT2D eigenvalue weighted by molar-refractivity contribution is 0.0686. The molecule has 0 spiro atoms. The lowest BCUT2D eigenvalue weighted by Crippen LogP contribution is -2.39. The van der Waals surface area contributed by atoms with Crippen molar-refractivity contribution in [1.29, 1.82) is 0 Å². The average Bonchev–Trinajstić information content (AvgIpc) is 3.33. The fraction of sp³-hybridized carbons (Fsp3) is 0.263. The summed E-state index contributed by atoms with van der Waals surface area (Å²) in [6.45, 7) is 1.55. The molecule has 0 saturated carbocycles. The predicted molar refractivity (Wildman–Crippen MR) is 105 cm³/mol. The van der Waals surface area contributed by atoms with Gasteiger partial charge in [-0.05, 0) is 65.8 Å². The number of halogens is 1. The molecule has 1 amide bonds. The predicted octanol–water partition coefficient (Wildman–Crippen LogP) is 3.76. The number of imidazole rings is 1. The van der Waals surface area contributed by atoms with Gasteiger partial charge in [-0.25, -0.2) is 4.98 Å². The van der Waals surface area contributed by atoms with E-state index >= 15 is 0 Å². The number of hydrogen-bond acceptors (Lipinski definition) is 2. The Kier molecular flexibility index (Phi) is 4.61. The maximum absolute atomic E-state index is 13.0. The Hall–Kier alpha value is -2.09. The van der Waals surface area contributed by atoms with Crippen molar-refractivity contribution < 1.29 is 4.79 Å². The molecule has 1 aromatic carbocycles. The monoisotopic (exact) mass is 446 g/mol. The Morgan fingerprint density at radius 1 is 1.12 bits per heavy atom. The molecular weight excluding hydrogens is 427 g/mol. The third-order valence-corrected chi connectivity index (χ3v) is 5.42. The van der Waals surface area contributed by atoms with Crippen LogP contribution in [0.15, 0.2) is 61.3 Å². The van der Waals surface area contributed by atoms with Crippen LogP contribution in [0.4, 0.5) is 0 Å². The molecule has 1 aliphatic heterocycles. The van der Waals surface area contributed by atoms with Gasteiger partial charge in [0.1, 0.15) is 5.69 Å². The average molecular weight is 446 g/mol. The summed E-state index contributed by atoms with van der Waals surface area (Å²) in [6.07, 6.45) is 9.56. The first kappa shape index (κ1) is 16.4. The summed E-state index contributed by atoms with van der Waals surface area (Å²) in [5.41, 5.74) is 1.75. The summed E-state index contributed by atoms with van der Waals surface area (Å²) in [6, 6.07) is 12.5. The van der Waals surface area contributed by atoms with Crippen LogP contribution >= 0.6 is 22.6 Å². The van der Waals surface area contributed by atoms with E-state index in [0.717, 1.165) is 40.9 Å². The van der Waals surface area contributed by atoms with Crippen LogP contribution in [-0.4, -0.2) is 38.0 Å². The minimum absolute atomic E-state index is 0.105. The van der Waals surface area contributed by atoms with Crippen LogP contribution in [0.2, 0.25) is 0 Å². The molecule has 3 aromatic rings. The minimum atomic E-state index is 0.105. The number of nitrogens with zero attached hydrogens (tertiary/aromatic N) is 4. The molecule has 0 aliphatic carbocycles. The van der Waals surface area contributed by atoms with Gasteiger partial charge in [0.05, 0.1) is 6.33 Å². The second-order valence-electron chi connectivity index (χ2n) is 6.28. The van der Waals surface area contributed by atoms with Crippen LogP contribution in [-0.2, 0) is 0 Å². The van der Waals surface area contributed by atoms with Crippen molar-refractivity contribution in [1.82, 2.24) is 19.0 Å². The highest BCUT2D eigenvalue weighted by Crippen LogP contribution is 2.24. The second-order valence-corrected chi connectivity index (χ2v) is 7.52. The van der Waals surface area contributed by atoms with Gasteiger partial charge in [0.15, 0.2) is 0 Å². The lowest BCUT2D eigenvalue weighted by atomic mass is 10.0. The van der Waals surface area contributed by atoms with Gasteiger partial charge in [0.2, 0.25) is 0 Å². The first-order valence-corrected chi connectivity index (χ1v) is 9.50. The van der Waals surface area contributed by atoms with Crippen molar-refractivity contribution >= 4 is 28.5 Å². The van der Waals surface area contributed by atoms with E-state index in [-0.39, 0.29) is 5.91 Å². The number of hydrogen-bond donors (Lipinski definition) is 0. The molecule has 0 N–H and O–H groups in total. The van der Waals surface area contributed by atoms with Gasteiger partial charge < -0.3 is 14.0 Å². The molecule has 0 radical (unpaired) electrons. The van der Waals surface area contributed by atoms with Crippen LogP contribution in [0, 0.1) is 3.57 Å². The van der Waals surface area contributed by atoms with Crippen molar-refractivity contribution in [3.63, 3.8) is 0 Å². The molecule has 3 heterocycles.